The Kier molecular flexibility index (Phi) is 4.27. The van der Waals surface area contributed by atoms with Gasteiger partial charge in [-0.1, -0.05) is 19.3 Å². The molecule has 128 valence electrons. The highest BCUT2D eigenvalue weighted by molar-refractivity contribution is 5.97. The van der Waals surface area contributed by atoms with E-state index in [2.05, 4.69) is 14.8 Å². The van der Waals surface area contributed by atoms with Gasteiger partial charge in [-0.05, 0) is 38.0 Å². The van der Waals surface area contributed by atoms with Gasteiger partial charge in [-0.15, -0.1) is 0 Å². The van der Waals surface area contributed by atoms with Crippen LogP contribution in [0.3, 0.4) is 0 Å². The molecule has 0 unspecified atom stereocenters. The summed E-state index contributed by atoms with van der Waals surface area (Å²) in [7, 11) is 0. The highest BCUT2D eigenvalue weighted by Crippen LogP contribution is 2.28. The Morgan fingerprint density at radius 1 is 1.25 bits per heavy atom. The van der Waals surface area contributed by atoms with E-state index >= 15 is 0 Å². The van der Waals surface area contributed by atoms with Crippen molar-refractivity contribution >= 4 is 16.9 Å². The molecule has 2 heterocycles. The molecule has 1 fully saturated rings. The fourth-order valence-corrected chi connectivity index (χ4v) is 4.20. The number of imidazole rings is 1. The van der Waals surface area contributed by atoms with E-state index in [0.717, 1.165) is 42.5 Å². The highest BCUT2D eigenvalue weighted by Gasteiger charge is 2.26. The lowest BCUT2D eigenvalue weighted by atomic mass is 9.94. The first kappa shape index (κ1) is 15.6. The molecule has 1 aliphatic carbocycles. The summed E-state index contributed by atoms with van der Waals surface area (Å²) in [5, 5.41) is 2.86. The molecule has 2 aromatic rings. The molecule has 2 aliphatic rings. The van der Waals surface area contributed by atoms with Crippen molar-refractivity contribution in [3.8, 4) is 0 Å². The number of hydrogen-bond donors (Lipinski definition) is 1. The number of carbonyl (C=O) groups is 1. The normalized spacial score (nSPS) is 19.4. The number of fused-ring (bicyclic) bond motifs is 3. The first-order valence-corrected chi connectivity index (χ1v) is 9.27. The molecule has 5 heteroatoms. The van der Waals surface area contributed by atoms with Gasteiger partial charge in [0.2, 0.25) is 0 Å². The van der Waals surface area contributed by atoms with Crippen molar-refractivity contribution in [3.63, 3.8) is 0 Å². The topological polar surface area (TPSA) is 50.2 Å². The molecular weight excluding hydrogens is 300 g/mol. The van der Waals surface area contributed by atoms with E-state index in [4.69, 9.17) is 4.98 Å². The number of aromatic nitrogens is 2. The Morgan fingerprint density at radius 2 is 2.08 bits per heavy atom. The minimum absolute atomic E-state index is 0.0193. The third-order valence-electron chi connectivity index (χ3n) is 5.47. The summed E-state index contributed by atoms with van der Waals surface area (Å²) in [5.74, 6) is 1.13. The standard InChI is InChI=1S/C19H26N4O/c1-2-20-19(24)14-8-9-17-16(12-14)21-18-13-22(10-11-23(17)18)15-6-4-3-5-7-15/h8-9,12,15H,2-7,10-11,13H2,1H3,(H,20,24). The monoisotopic (exact) mass is 326 g/mol. The van der Waals surface area contributed by atoms with Crippen LogP contribution in [0.15, 0.2) is 18.2 Å². The zero-order valence-corrected chi connectivity index (χ0v) is 14.4. The van der Waals surface area contributed by atoms with Gasteiger partial charge in [0, 0.05) is 31.2 Å². The average molecular weight is 326 g/mol. The van der Waals surface area contributed by atoms with E-state index in [1.807, 2.05) is 25.1 Å². The molecule has 5 nitrogen and oxygen atoms in total. The van der Waals surface area contributed by atoms with Crippen molar-refractivity contribution in [2.45, 2.75) is 58.2 Å². The number of nitrogens with zero attached hydrogens (tertiary/aromatic N) is 3. The third kappa shape index (κ3) is 2.81. The minimum Gasteiger partial charge on any atom is -0.352 e. The fourth-order valence-electron chi connectivity index (χ4n) is 4.20. The van der Waals surface area contributed by atoms with E-state index in [-0.39, 0.29) is 5.91 Å². The van der Waals surface area contributed by atoms with Gasteiger partial charge in [0.1, 0.15) is 5.82 Å². The molecule has 1 aromatic carbocycles. The molecule has 0 spiro atoms. The molecule has 0 saturated heterocycles. The Bertz CT molecular complexity index is 745. The summed E-state index contributed by atoms with van der Waals surface area (Å²) in [6.45, 7) is 5.64. The van der Waals surface area contributed by atoms with Crippen LogP contribution in [0, 0.1) is 0 Å². The third-order valence-corrected chi connectivity index (χ3v) is 5.47. The first-order chi connectivity index (χ1) is 11.8. The van der Waals surface area contributed by atoms with E-state index in [1.54, 1.807) is 0 Å². The summed E-state index contributed by atoms with van der Waals surface area (Å²) < 4.78 is 2.33. The molecule has 0 radical (unpaired) electrons. The van der Waals surface area contributed by atoms with Gasteiger partial charge in [0.25, 0.3) is 5.91 Å². The predicted molar refractivity (Wildman–Crippen MR) is 95.0 cm³/mol. The van der Waals surface area contributed by atoms with Crippen LogP contribution in [0.1, 0.15) is 55.2 Å². The maximum absolute atomic E-state index is 12.0. The lowest BCUT2D eigenvalue weighted by molar-refractivity contribution is 0.0956. The molecule has 0 atom stereocenters. The number of nitrogens with one attached hydrogen (secondary N) is 1. The zero-order valence-electron chi connectivity index (χ0n) is 14.4. The molecule has 24 heavy (non-hydrogen) atoms. The molecule has 1 aromatic heterocycles. The van der Waals surface area contributed by atoms with Crippen molar-refractivity contribution in [1.82, 2.24) is 19.8 Å². The molecule has 4 rings (SSSR count). The molecule has 1 saturated carbocycles. The Morgan fingerprint density at radius 3 is 2.88 bits per heavy atom. The zero-order chi connectivity index (χ0) is 16.5. The van der Waals surface area contributed by atoms with Gasteiger partial charge in [0.05, 0.1) is 17.6 Å². The van der Waals surface area contributed by atoms with E-state index < -0.39 is 0 Å². The van der Waals surface area contributed by atoms with Crippen LogP contribution in [0.2, 0.25) is 0 Å². The van der Waals surface area contributed by atoms with Crippen molar-refractivity contribution in [1.29, 1.82) is 0 Å². The molecule has 1 aliphatic heterocycles. The van der Waals surface area contributed by atoms with Crippen LogP contribution in [0.4, 0.5) is 0 Å². The Labute approximate surface area is 143 Å². The van der Waals surface area contributed by atoms with Gasteiger partial charge in [-0.3, -0.25) is 9.69 Å². The van der Waals surface area contributed by atoms with Crippen molar-refractivity contribution in [3.05, 3.63) is 29.6 Å². The summed E-state index contributed by atoms with van der Waals surface area (Å²) in [5.41, 5.74) is 2.80. The average Bonchev–Trinajstić information content (AvgIpc) is 2.99. The van der Waals surface area contributed by atoms with Crippen LogP contribution in [-0.2, 0) is 13.1 Å². The van der Waals surface area contributed by atoms with Gasteiger partial charge in [-0.25, -0.2) is 4.98 Å². The maximum Gasteiger partial charge on any atom is 0.251 e. The fraction of sp³-hybridized carbons (Fsp3) is 0.579. The lowest BCUT2D eigenvalue weighted by Gasteiger charge is -2.36. The lowest BCUT2D eigenvalue weighted by Crippen LogP contribution is -2.42. The van der Waals surface area contributed by atoms with Gasteiger partial charge in [-0.2, -0.15) is 0 Å². The van der Waals surface area contributed by atoms with Crippen LogP contribution in [-0.4, -0.2) is 39.5 Å². The quantitative estimate of drug-likeness (QED) is 0.943. The number of benzene rings is 1. The second-order valence-electron chi connectivity index (χ2n) is 7.00. The largest absolute Gasteiger partial charge is 0.352 e. The van der Waals surface area contributed by atoms with E-state index in [9.17, 15) is 4.79 Å². The van der Waals surface area contributed by atoms with Gasteiger partial charge >= 0.3 is 0 Å². The molecule has 0 bridgehead atoms. The Balaban J connectivity index is 1.59. The number of carbonyl (C=O) groups excluding carboxylic acids is 1. The highest BCUT2D eigenvalue weighted by atomic mass is 16.1. The second-order valence-corrected chi connectivity index (χ2v) is 7.00. The van der Waals surface area contributed by atoms with E-state index in [0.29, 0.717) is 12.1 Å². The Hall–Kier alpha value is -1.88. The van der Waals surface area contributed by atoms with E-state index in [1.165, 1.54) is 32.1 Å². The first-order valence-electron chi connectivity index (χ1n) is 9.27. The second kappa shape index (κ2) is 6.55. The summed E-state index contributed by atoms with van der Waals surface area (Å²) in [6.07, 6.45) is 6.80. The number of rotatable bonds is 3. The summed E-state index contributed by atoms with van der Waals surface area (Å²) >= 11 is 0. The van der Waals surface area contributed by atoms with Crippen molar-refractivity contribution in [2.24, 2.45) is 0 Å². The number of amides is 1. The van der Waals surface area contributed by atoms with Crippen molar-refractivity contribution < 1.29 is 4.79 Å². The smallest absolute Gasteiger partial charge is 0.251 e. The van der Waals surface area contributed by atoms with Gasteiger partial charge in [0.15, 0.2) is 0 Å². The molecule has 1 amide bonds. The summed E-state index contributed by atoms with van der Waals surface area (Å²) in [6, 6.07) is 6.62. The summed E-state index contributed by atoms with van der Waals surface area (Å²) in [4.78, 5) is 19.5. The SMILES string of the molecule is CCNC(=O)c1ccc2c(c1)nc1n2CCN(C2CCCCC2)C1. The maximum atomic E-state index is 12.0. The van der Waals surface area contributed by atoms with Crippen LogP contribution in [0.5, 0.6) is 0 Å². The predicted octanol–water partition coefficient (Wildman–Crippen LogP) is 2.93. The van der Waals surface area contributed by atoms with Crippen LogP contribution in [0.25, 0.3) is 11.0 Å². The van der Waals surface area contributed by atoms with Gasteiger partial charge < -0.3 is 9.88 Å². The van der Waals surface area contributed by atoms with Crippen LogP contribution >= 0.6 is 0 Å². The minimum atomic E-state index is -0.0193. The molecular formula is C19H26N4O. The molecule has 1 N–H and O–H groups in total. The van der Waals surface area contributed by atoms with Crippen molar-refractivity contribution in [2.75, 3.05) is 13.1 Å². The van der Waals surface area contributed by atoms with Crippen LogP contribution < -0.4 is 5.32 Å². The number of hydrogen-bond acceptors (Lipinski definition) is 3.